The van der Waals surface area contributed by atoms with Crippen LogP contribution >= 0.6 is 0 Å². The van der Waals surface area contributed by atoms with Crippen molar-refractivity contribution in [1.29, 1.82) is 0 Å². The second kappa shape index (κ2) is 28.5. The summed E-state index contributed by atoms with van der Waals surface area (Å²) in [6, 6.07) is 24.5. The molecule has 0 aliphatic carbocycles. The lowest BCUT2D eigenvalue weighted by atomic mass is 10.1. The molecule has 2 aliphatic rings. The number of nitrogens with one attached hydrogen (secondary N) is 1. The predicted molar refractivity (Wildman–Crippen MR) is 291 cm³/mol. The highest BCUT2D eigenvalue weighted by molar-refractivity contribution is 5.85. The fourth-order valence-electron chi connectivity index (χ4n) is 9.72. The van der Waals surface area contributed by atoms with Gasteiger partial charge in [0.25, 0.3) is 16.7 Å². The molecule has 75 heavy (non-hydrogen) atoms. The molecular weight excluding hydrogens is 955 g/mol. The third-order valence-electron chi connectivity index (χ3n) is 13.6. The zero-order chi connectivity index (χ0) is 55.6. The molecule has 3 aromatic carbocycles. The molecule has 2 saturated heterocycles. The Hall–Kier alpha value is -7.13. The number of piperazine rings is 2. The molecule has 402 valence electrons. The van der Waals surface area contributed by atoms with Crippen molar-refractivity contribution in [2.24, 2.45) is 0 Å². The quantitative estimate of drug-likeness (QED) is 0.139. The highest BCUT2D eigenvalue weighted by atomic mass is 16.6. The molecule has 17 heteroatoms. The third-order valence-corrected chi connectivity index (χ3v) is 13.6. The molecule has 2 atom stereocenters. The summed E-state index contributed by atoms with van der Waals surface area (Å²) in [7, 11) is 0. The van der Waals surface area contributed by atoms with E-state index in [2.05, 4.69) is 79.2 Å². The largest absolute Gasteiger partial charge is 0.444 e. The van der Waals surface area contributed by atoms with Gasteiger partial charge >= 0.3 is 18.4 Å². The van der Waals surface area contributed by atoms with Crippen molar-refractivity contribution >= 4 is 57.4 Å². The average Bonchev–Trinajstić information content (AvgIpc) is 3.35. The summed E-state index contributed by atoms with van der Waals surface area (Å²) in [5, 5.41) is 6.79. The van der Waals surface area contributed by atoms with Gasteiger partial charge in [-0.2, -0.15) is 19.2 Å². The Bertz CT molecular complexity index is 3160. The van der Waals surface area contributed by atoms with Gasteiger partial charge in [0.2, 0.25) is 0 Å². The van der Waals surface area contributed by atoms with E-state index in [9.17, 15) is 24.0 Å². The Kier molecular flexibility index (Phi) is 23.0. The van der Waals surface area contributed by atoms with Gasteiger partial charge in [0.05, 0.1) is 23.1 Å². The summed E-state index contributed by atoms with van der Waals surface area (Å²) in [4.78, 5) is 99.3. The molecule has 0 saturated carbocycles. The van der Waals surface area contributed by atoms with Gasteiger partial charge in [0, 0.05) is 112 Å². The van der Waals surface area contributed by atoms with Gasteiger partial charge in [0.1, 0.15) is 11.9 Å². The van der Waals surface area contributed by atoms with Crippen molar-refractivity contribution in [1.82, 2.24) is 33.7 Å². The Labute approximate surface area is 439 Å². The number of rotatable bonds is 10. The molecule has 2 aliphatic heterocycles. The van der Waals surface area contributed by atoms with Crippen LogP contribution in [0.15, 0.2) is 87.2 Å². The van der Waals surface area contributed by atoms with Crippen LogP contribution in [-0.2, 0) is 48.3 Å². The summed E-state index contributed by atoms with van der Waals surface area (Å²) >= 11 is 0. The Morgan fingerprint density at radius 1 is 0.600 bits per heavy atom. The number of fused-ring (bicyclic) bond motifs is 3. The van der Waals surface area contributed by atoms with Crippen molar-refractivity contribution in [3.8, 4) is 0 Å². The van der Waals surface area contributed by atoms with Gasteiger partial charge in [0.15, 0.2) is 0 Å². The van der Waals surface area contributed by atoms with Gasteiger partial charge in [-0.1, -0.05) is 50.2 Å². The first-order valence-electron chi connectivity index (χ1n) is 25.6. The molecule has 0 spiro atoms. The topological polar surface area (TPSA) is 199 Å². The normalized spacial score (nSPS) is 15.6. The summed E-state index contributed by atoms with van der Waals surface area (Å²) in [6.45, 7) is 30.6. The predicted octanol–water partition coefficient (Wildman–Crippen LogP) is 6.90. The average molecular weight is 1030 g/mol. The van der Waals surface area contributed by atoms with E-state index in [-0.39, 0.29) is 47.7 Å². The van der Waals surface area contributed by atoms with E-state index < -0.39 is 5.60 Å². The van der Waals surface area contributed by atoms with E-state index in [0.717, 1.165) is 120 Å². The second-order valence-electron chi connectivity index (χ2n) is 20.1. The van der Waals surface area contributed by atoms with Crippen LogP contribution in [0.4, 0.5) is 4.79 Å². The number of pyridine rings is 3. The molecule has 6 aromatic rings. The van der Waals surface area contributed by atoms with Gasteiger partial charge < -0.3 is 33.4 Å². The van der Waals surface area contributed by atoms with Crippen molar-refractivity contribution in [2.75, 3.05) is 52.4 Å². The number of amides is 1. The monoisotopic (exact) mass is 1030 g/mol. The lowest BCUT2D eigenvalue weighted by molar-refractivity contribution is -0.193. The number of hydrogen-bond acceptors (Lipinski definition) is 13. The molecule has 8 rings (SSSR count). The SMILES string of the molecule is CCC1CN(C(=O)OC(C)(C)C)CCN1CCn1c(=O)cc(C)c2ccc(C)cc21.CCC1CNCCN1CCn1c(=O)cc(C)c2ccc(C)cc21.Cc1ccc2c(C)cc(=O)n(CC=O)c2c1.O=C=O.O=C=O. The van der Waals surface area contributed by atoms with Crippen molar-refractivity contribution in [2.45, 2.75) is 126 Å². The smallest absolute Gasteiger partial charge is 0.410 e. The maximum Gasteiger partial charge on any atom is 0.410 e. The van der Waals surface area contributed by atoms with E-state index >= 15 is 0 Å². The highest BCUT2D eigenvalue weighted by Crippen LogP contribution is 2.22. The number of carbonyl (C=O) groups excluding carboxylic acids is 6. The van der Waals surface area contributed by atoms with E-state index in [4.69, 9.17) is 23.9 Å². The highest BCUT2D eigenvalue weighted by Gasteiger charge is 2.31. The van der Waals surface area contributed by atoms with Crippen molar-refractivity contribution < 1.29 is 33.5 Å². The number of benzene rings is 3. The summed E-state index contributed by atoms with van der Waals surface area (Å²) in [6.07, 6.45) is 3.10. The van der Waals surface area contributed by atoms with Crippen LogP contribution in [0, 0.1) is 41.5 Å². The minimum absolute atomic E-state index is 0.0473. The van der Waals surface area contributed by atoms with E-state index in [1.807, 2.05) is 80.7 Å². The van der Waals surface area contributed by atoms with Crippen molar-refractivity contribution in [3.05, 3.63) is 137 Å². The number of aryl methyl sites for hydroxylation is 6. The van der Waals surface area contributed by atoms with E-state index in [1.165, 1.54) is 15.5 Å². The van der Waals surface area contributed by atoms with Crippen LogP contribution < -0.4 is 22.0 Å². The van der Waals surface area contributed by atoms with E-state index in [1.54, 1.807) is 18.2 Å². The molecule has 0 radical (unpaired) electrons. The summed E-state index contributed by atoms with van der Waals surface area (Å²) < 4.78 is 10.9. The maximum atomic E-state index is 12.7. The van der Waals surface area contributed by atoms with Crippen LogP contribution in [0.1, 0.15) is 80.8 Å². The number of hydrogen-bond donors (Lipinski definition) is 1. The maximum absolute atomic E-state index is 12.7. The van der Waals surface area contributed by atoms with Gasteiger partial charge in [-0.15, -0.1) is 0 Å². The molecular formula is C58H75N7O10. The molecule has 1 amide bonds. The molecule has 2 fully saturated rings. The molecule has 0 bridgehead atoms. The van der Waals surface area contributed by atoms with Crippen LogP contribution in [0.25, 0.3) is 32.7 Å². The first kappa shape index (κ1) is 60.4. The molecule has 5 heterocycles. The fourth-order valence-corrected chi connectivity index (χ4v) is 9.72. The zero-order valence-electron chi connectivity index (χ0n) is 45.6. The van der Waals surface area contributed by atoms with Crippen molar-refractivity contribution in [3.63, 3.8) is 0 Å². The molecule has 17 nitrogen and oxygen atoms in total. The Balaban J connectivity index is 0.000000240. The minimum Gasteiger partial charge on any atom is -0.444 e. The van der Waals surface area contributed by atoms with Crippen LogP contribution in [0.5, 0.6) is 0 Å². The molecule has 2 unspecified atom stereocenters. The van der Waals surface area contributed by atoms with Crippen LogP contribution in [0.3, 0.4) is 0 Å². The van der Waals surface area contributed by atoms with Gasteiger partial charge in [-0.3, -0.25) is 24.2 Å². The minimum atomic E-state index is -0.484. The lowest BCUT2D eigenvalue weighted by Crippen LogP contribution is -2.56. The zero-order valence-corrected chi connectivity index (χ0v) is 45.6. The van der Waals surface area contributed by atoms with Gasteiger partial charge in [-0.25, -0.2) is 4.79 Å². The molecule has 1 N–H and O–H groups in total. The second-order valence-corrected chi connectivity index (χ2v) is 20.1. The van der Waals surface area contributed by atoms with Gasteiger partial charge in [-0.05, 0) is 127 Å². The number of aldehydes is 1. The summed E-state index contributed by atoms with van der Waals surface area (Å²) in [5.74, 6) is 0. The fraction of sp³-hybridized carbons (Fsp3) is 0.466. The standard InChI is InChI=1S/C24H35N3O3.C19H27N3O.C13H13NO2.2CO2/c1-7-19-16-26(23(29)30-24(4,5)6)11-10-25(19)12-13-27-21-14-17(2)8-9-20(21)18(3)15-22(27)28;1-4-16-13-20-7-8-21(16)9-10-22-18-11-14(2)5-6-17(18)15(3)12-19(22)23;1-9-3-4-11-10(2)8-13(16)14(5-6-15)12(11)7-9;2*2-1-3/h8-9,14-15,19H,7,10-13,16H2,1-6H3;5-6,11-12,16,20H,4,7-10,13H2,1-3H3;3-4,6-8H,5H2,1-2H3;;. The third kappa shape index (κ3) is 16.7. The Morgan fingerprint density at radius 2 is 1.00 bits per heavy atom. The van der Waals surface area contributed by atoms with E-state index in [0.29, 0.717) is 25.7 Å². The first-order valence-corrected chi connectivity index (χ1v) is 25.6. The van der Waals surface area contributed by atoms with Crippen LogP contribution in [0.2, 0.25) is 0 Å². The Morgan fingerprint density at radius 3 is 1.40 bits per heavy atom. The number of carbonyl (C=O) groups is 2. The number of nitrogens with zero attached hydrogens (tertiary/aromatic N) is 6. The number of aromatic nitrogens is 3. The lowest BCUT2D eigenvalue weighted by Gasteiger charge is -2.41. The first-order chi connectivity index (χ1) is 35.6. The van der Waals surface area contributed by atoms with Crippen LogP contribution in [-0.4, -0.2) is 123 Å². The molecule has 3 aromatic heterocycles. The summed E-state index contributed by atoms with van der Waals surface area (Å²) in [5.41, 5.74) is 8.91. The number of ether oxygens (including phenoxy) is 1.